The largest absolute Gasteiger partial charge is 0.384 e. The Morgan fingerprint density at radius 2 is 1.43 bits per heavy atom. The van der Waals surface area contributed by atoms with Crippen molar-refractivity contribution in [3.05, 3.63) is 58.7 Å². The molecule has 0 saturated heterocycles. The van der Waals surface area contributed by atoms with Gasteiger partial charge in [-0.1, -0.05) is 35.4 Å². The molecular formula is C19H24O7S2. The predicted octanol–water partition coefficient (Wildman–Crippen LogP) is 3.16. The highest BCUT2D eigenvalue weighted by molar-refractivity contribution is 7.86. The van der Waals surface area contributed by atoms with Crippen LogP contribution in [0.15, 0.2) is 46.2 Å². The van der Waals surface area contributed by atoms with E-state index in [1.165, 1.54) is 19.2 Å². The standard InChI is InChI=1S/C19H24O7S2/c1-13-4-8-18(27(20,21)22)15(10-13)6-7-16(12-26-3)17-11-14(2)5-9-19(17)28(23,24)25/h4-5,8-11,16H,6-7,12H2,1-3H3,(H,20,21,22)(H,23,24,25)/t16-/m1/s1. The number of hydrogen-bond acceptors (Lipinski definition) is 5. The molecule has 2 N–H and O–H groups in total. The smallest absolute Gasteiger partial charge is 0.294 e. The molecule has 2 rings (SSSR count). The molecule has 0 amide bonds. The maximum absolute atomic E-state index is 11.8. The van der Waals surface area contributed by atoms with Crippen molar-refractivity contribution < 1.29 is 30.7 Å². The molecule has 0 aliphatic heterocycles. The summed E-state index contributed by atoms with van der Waals surface area (Å²) >= 11 is 0. The van der Waals surface area contributed by atoms with Gasteiger partial charge in [0.25, 0.3) is 20.2 Å². The highest BCUT2D eigenvalue weighted by atomic mass is 32.2. The fourth-order valence-electron chi connectivity index (χ4n) is 3.24. The SMILES string of the molecule is COC[C@@H](CCc1cc(C)ccc1S(=O)(=O)O)c1cc(C)ccc1S(=O)(=O)O. The van der Waals surface area contributed by atoms with Gasteiger partial charge in [0.05, 0.1) is 16.4 Å². The minimum Gasteiger partial charge on any atom is -0.384 e. The molecule has 0 radical (unpaired) electrons. The van der Waals surface area contributed by atoms with Crippen LogP contribution in [0.3, 0.4) is 0 Å². The first-order valence-electron chi connectivity index (χ1n) is 8.57. The second-order valence-electron chi connectivity index (χ2n) is 6.79. The van der Waals surface area contributed by atoms with E-state index in [4.69, 9.17) is 4.74 Å². The van der Waals surface area contributed by atoms with Gasteiger partial charge in [0.2, 0.25) is 0 Å². The van der Waals surface area contributed by atoms with Gasteiger partial charge < -0.3 is 4.74 Å². The van der Waals surface area contributed by atoms with E-state index < -0.39 is 26.2 Å². The Labute approximate surface area is 165 Å². The normalized spacial score (nSPS) is 13.5. The highest BCUT2D eigenvalue weighted by Gasteiger charge is 2.24. The van der Waals surface area contributed by atoms with E-state index in [1.807, 2.05) is 0 Å². The van der Waals surface area contributed by atoms with Crippen molar-refractivity contribution in [3.8, 4) is 0 Å². The number of rotatable bonds is 8. The summed E-state index contributed by atoms with van der Waals surface area (Å²) in [7, 11) is -7.33. The van der Waals surface area contributed by atoms with Crippen molar-refractivity contribution >= 4 is 20.2 Å². The van der Waals surface area contributed by atoms with Crippen molar-refractivity contribution in [1.82, 2.24) is 0 Å². The van der Waals surface area contributed by atoms with Crippen molar-refractivity contribution in [2.24, 2.45) is 0 Å². The number of methoxy groups -OCH3 is 1. The second-order valence-corrected chi connectivity index (χ2v) is 9.57. The Kier molecular flexibility index (Phi) is 7.00. The van der Waals surface area contributed by atoms with E-state index in [2.05, 4.69) is 0 Å². The third-order valence-corrected chi connectivity index (χ3v) is 6.39. The molecule has 28 heavy (non-hydrogen) atoms. The lowest BCUT2D eigenvalue weighted by atomic mass is 9.91. The van der Waals surface area contributed by atoms with Gasteiger partial charge >= 0.3 is 0 Å². The fraction of sp³-hybridized carbons (Fsp3) is 0.368. The zero-order valence-electron chi connectivity index (χ0n) is 15.9. The molecule has 154 valence electrons. The lowest BCUT2D eigenvalue weighted by Crippen LogP contribution is -2.14. The Morgan fingerprint density at radius 3 is 1.96 bits per heavy atom. The Morgan fingerprint density at radius 1 is 0.893 bits per heavy atom. The first kappa shape index (κ1) is 22.5. The van der Waals surface area contributed by atoms with Crippen molar-refractivity contribution in [3.63, 3.8) is 0 Å². The number of aryl methyl sites for hydroxylation is 3. The van der Waals surface area contributed by atoms with E-state index in [0.29, 0.717) is 17.5 Å². The lowest BCUT2D eigenvalue weighted by molar-refractivity contribution is 0.175. The molecule has 0 aliphatic carbocycles. The quantitative estimate of drug-likeness (QED) is 0.620. The van der Waals surface area contributed by atoms with Gasteiger partial charge in [-0.05, 0) is 49.9 Å². The van der Waals surface area contributed by atoms with Crippen LogP contribution in [-0.4, -0.2) is 39.7 Å². The molecule has 1 atom stereocenters. The topological polar surface area (TPSA) is 118 Å². The van der Waals surface area contributed by atoms with Crippen LogP contribution in [0.4, 0.5) is 0 Å². The lowest BCUT2D eigenvalue weighted by Gasteiger charge is -2.20. The molecule has 0 unspecified atom stereocenters. The van der Waals surface area contributed by atoms with Gasteiger partial charge in [0, 0.05) is 13.0 Å². The maximum atomic E-state index is 11.8. The van der Waals surface area contributed by atoms with Crippen LogP contribution in [-0.2, 0) is 31.4 Å². The van der Waals surface area contributed by atoms with Gasteiger partial charge in [0.15, 0.2) is 0 Å². The first-order valence-corrected chi connectivity index (χ1v) is 11.5. The summed E-state index contributed by atoms with van der Waals surface area (Å²) in [4.78, 5) is -0.368. The van der Waals surface area contributed by atoms with Crippen molar-refractivity contribution in [2.45, 2.75) is 42.4 Å². The molecule has 7 nitrogen and oxygen atoms in total. The Hall–Kier alpha value is -1.78. The number of benzene rings is 2. The zero-order valence-corrected chi connectivity index (χ0v) is 17.5. The van der Waals surface area contributed by atoms with Gasteiger partial charge in [-0.15, -0.1) is 0 Å². The maximum Gasteiger partial charge on any atom is 0.294 e. The Bertz CT molecular complexity index is 1060. The van der Waals surface area contributed by atoms with Crippen molar-refractivity contribution in [1.29, 1.82) is 0 Å². The van der Waals surface area contributed by atoms with Crippen LogP contribution < -0.4 is 0 Å². The monoisotopic (exact) mass is 428 g/mol. The molecule has 9 heteroatoms. The summed E-state index contributed by atoms with van der Waals surface area (Å²) < 4.78 is 71.1. The average Bonchev–Trinajstić information content (AvgIpc) is 2.56. The fourth-order valence-corrected chi connectivity index (χ4v) is 4.73. The van der Waals surface area contributed by atoms with Crippen molar-refractivity contribution in [2.75, 3.05) is 13.7 Å². The summed E-state index contributed by atoms with van der Waals surface area (Å²) in [6.45, 7) is 3.79. The minimum atomic E-state index is -4.43. The average molecular weight is 429 g/mol. The zero-order chi connectivity index (χ0) is 21.1. The minimum absolute atomic E-state index is 0.173. The first-order chi connectivity index (χ1) is 12.9. The summed E-state index contributed by atoms with van der Waals surface area (Å²) in [5, 5.41) is 0. The van der Waals surface area contributed by atoms with Gasteiger partial charge in [-0.2, -0.15) is 16.8 Å². The van der Waals surface area contributed by atoms with Gasteiger partial charge in [-0.3, -0.25) is 9.11 Å². The van der Waals surface area contributed by atoms with Crippen LogP contribution in [0.5, 0.6) is 0 Å². The molecule has 0 heterocycles. The summed E-state index contributed by atoms with van der Waals surface area (Å²) in [5.41, 5.74) is 2.49. The van der Waals surface area contributed by atoms with Crippen LogP contribution in [0.1, 0.15) is 34.6 Å². The molecule has 0 saturated carbocycles. The van der Waals surface area contributed by atoms with E-state index >= 15 is 0 Å². The third kappa shape index (κ3) is 5.62. The molecule has 0 fully saturated rings. The number of hydrogen-bond donors (Lipinski definition) is 2. The predicted molar refractivity (Wildman–Crippen MR) is 105 cm³/mol. The second kappa shape index (κ2) is 8.71. The van der Waals surface area contributed by atoms with Gasteiger partial charge in [-0.25, -0.2) is 0 Å². The van der Waals surface area contributed by atoms with E-state index in [1.54, 1.807) is 38.1 Å². The molecule has 0 aliphatic rings. The number of ether oxygens (including phenoxy) is 1. The Balaban J connectivity index is 2.44. The molecule has 0 aromatic heterocycles. The molecule has 2 aromatic rings. The molecule has 2 aromatic carbocycles. The summed E-state index contributed by atoms with van der Waals surface area (Å²) in [6.07, 6.45) is 0.621. The molecule has 0 spiro atoms. The van der Waals surface area contributed by atoms with Gasteiger partial charge in [0.1, 0.15) is 0 Å². The van der Waals surface area contributed by atoms with E-state index in [9.17, 15) is 25.9 Å². The summed E-state index contributed by atoms with van der Waals surface area (Å²) in [5.74, 6) is -0.406. The van der Waals surface area contributed by atoms with E-state index in [-0.39, 0.29) is 22.8 Å². The van der Waals surface area contributed by atoms with Crippen LogP contribution in [0.25, 0.3) is 0 Å². The summed E-state index contributed by atoms with van der Waals surface area (Å²) in [6, 6.07) is 9.23. The van der Waals surface area contributed by atoms with Crippen LogP contribution in [0.2, 0.25) is 0 Å². The van der Waals surface area contributed by atoms with Crippen LogP contribution >= 0.6 is 0 Å². The van der Waals surface area contributed by atoms with E-state index in [0.717, 1.165) is 11.1 Å². The third-order valence-electron chi connectivity index (χ3n) is 4.51. The van der Waals surface area contributed by atoms with Crippen LogP contribution in [0, 0.1) is 13.8 Å². The highest BCUT2D eigenvalue weighted by Crippen LogP contribution is 2.30. The molecule has 0 bridgehead atoms. The molecular weight excluding hydrogens is 404 g/mol.